The normalized spacial score (nSPS) is 11.3. The average Bonchev–Trinajstić information content (AvgIpc) is 2.63. The molecular formula is C20H24N2O5S. The van der Waals surface area contributed by atoms with Crippen LogP contribution < -0.4 is 5.32 Å². The zero-order valence-electron chi connectivity index (χ0n) is 16.4. The highest BCUT2D eigenvalue weighted by atomic mass is 32.2. The summed E-state index contributed by atoms with van der Waals surface area (Å²) in [5.41, 5.74) is 3.38. The van der Waals surface area contributed by atoms with Crippen LogP contribution in [0.2, 0.25) is 0 Å². The summed E-state index contributed by atoms with van der Waals surface area (Å²) in [6.07, 6.45) is 0. The summed E-state index contributed by atoms with van der Waals surface area (Å²) in [5, 5.41) is 2.70. The molecule has 0 aliphatic heterocycles. The van der Waals surface area contributed by atoms with Crippen molar-refractivity contribution in [1.82, 2.24) is 4.31 Å². The molecule has 150 valence electrons. The van der Waals surface area contributed by atoms with E-state index >= 15 is 0 Å². The first-order valence-corrected chi connectivity index (χ1v) is 10.1. The number of aryl methyl sites for hydroxylation is 3. The molecule has 0 heterocycles. The van der Waals surface area contributed by atoms with Gasteiger partial charge in [0.05, 0.1) is 4.90 Å². The number of esters is 1. The highest BCUT2D eigenvalue weighted by molar-refractivity contribution is 7.89. The Morgan fingerprint density at radius 1 is 1.00 bits per heavy atom. The first-order chi connectivity index (χ1) is 13.1. The number of benzene rings is 2. The van der Waals surface area contributed by atoms with Gasteiger partial charge in [-0.25, -0.2) is 8.42 Å². The summed E-state index contributed by atoms with van der Waals surface area (Å²) in [6, 6.07) is 11.9. The molecule has 0 unspecified atom stereocenters. The van der Waals surface area contributed by atoms with Crippen molar-refractivity contribution in [3.63, 3.8) is 0 Å². The number of ether oxygens (including phenoxy) is 1. The lowest BCUT2D eigenvalue weighted by atomic mass is 10.1. The third kappa shape index (κ3) is 5.40. The number of hydrogen-bond donors (Lipinski definition) is 1. The molecule has 0 spiro atoms. The first-order valence-electron chi connectivity index (χ1n) is 8.66. The van der Waals surface area contributed by atoms with Crippen molar-refractivity contribution in [3.05, 3.63) is 59.2 Å². The number of nitrogens with zero attached hydrogens (tertiary/aromatic N) is 1. The van der Waals surface area contributed by atoms with E-state index in [1.54, 1.807) is 12.1 Å². The smallest absolute Gasteiger partial charge is 0.321 e. The van der Waals surface area contributed by atoms with Crippen molar-refractivity contribution in [2.75, 3.05) is 25.5 Å². The molecule has 0 bridgehead atoms. The molecule has 0 aliphatic rings. The largest absolute Gasteiger partial charge is 0.455 e. The molecule has 8 heteroatoms. The zero-order valence-corrected chi connectivity index (χ0v) is 17.2. The van der Waals surface area contributed by atoms with Gasteiger partial charge >= 0.3 is 5.97 Å². The van der Waals surface area contributed by atoms with E-state index in [-0.39, 0.29) is 4.90 Å². The minimum absolute atomic E-state index is 0.0844. The van der Waals surface area contributed by atoms with Crippen molar-refractivity contribution in [2.45, 2.75) is 25.7 Å². The second-order valence-electron chi connectivity index (χ2n) is 6.55. The van der Waals surface area contributed by atoms with Crippen molar-refractivity contribution in [3.8, 4) is 0 Å². The summed E-state index contributed by atoms with van der Waals surface area (Å²) in [7, 11) is -2.53. The molecule has 28 heavy (non-hydrogen) atoms. The second kappa shape index (κ2) is 8.99. The number of para-hydroxylation sites is 1. The SMILES string of the molecule is Cc1ccc(S(=O)(=O)N(C)CC(=O)OCC(=O)Nc2c(C)cccc2C)cc1. The van der Waals surface area contributed by atoms with E-state index in [0.717, 1.165) is 21.0 Å². The molecule has 2 aromatic carbocycles. The molecule has 2 aromatic rings. The van der Waals surface area contributed by atoms with Crippen molar-refractivity contribution in [2.24, 2.45) is 0 Å². The van der Waals surface area contributed by atoms with E-state index in [9.17, 15) is 18.0 Å². The van der Waals surface area contributed by atoms with Crippen molar-refractivity contribution < 1.29 is 22.7 Å². The third-order valence-corrected chi connectivity index (χ3v) is 6.01. The van der Waals surface area contributed by atoms with Crippen LogP contribution >= 0.6 is 0 Å². The molecule has 0 saturated heterocycles. The third-order valence-electron chi connectivity index (χ3n) is 4.19. The summed E-state index contributed by atoms with van der Waals surface area (Å²) in [5.74, 6) is -1.30. The number of likely N-dealkylation sites (N-methyl/N-ethyl adjacent to an activating group) is 1. The molecule has 0 aromatic heterocycles. The molecule has 7 nitrogen and oxygen atoms in total. The summed E-state index contributed by atoms with van der Waals surface area (Å²) >= 11 is 0. The molecule has 0 saturated carbocycles. The fourth-order valence-electron chi connectivity index (χ4n) is 2.54. The van der Waals surface area contributed by atoms with Gasteiger partial charge in [0.2, 0.25) is 10.0 Å². The van der Waals surface area contributed by atoms with Gasteiger partial charge in [-0.05, 0) is 44.0 Å². The number of anilines is 1. The highest BCUT2D eigenvalue weighted by Crippen LogP contribution is 2.19. The van der Waals surface area contributed by atoms with Crippen LogP contribution in [0.1, 0.15) is 16.7 Å². The van der Waals surface area contributed by atoms with Crippen LogP contribution in [0.25, 0.3) is 0 Å². The lowest BCUT2D eigenvalue weighted by Crippen LogP contribution is -2.34. The maximum atomic E-state index is 12.5. The number of amides is 1. The standard InChI is InChI=1S/C20H24N2O5S/c1-14-8-10-17(11-9-14)28(25,26)22(4)12-19(24)27-13-18(23)21-20-15(2)6-5-7-16(20)3/h5-11H,12-13H2,1-4H3,(H,21,23). The number of hydrogen-bond acceptors (Lipinski definition) is 5. The Hall–Kier alpha value is -2.71. The summed E-state index contributed by atoms with van der Waals surface area (Å²) in [6.45, 7) is 4.58. The first kappa shape index (κ1) is 21.6. The Bertz CT molecular complexity index is 948. The van der Waals surface area contributed by atoms with Crippen LogP contribution in [0.3, 0.4) is 0 Å². The van der Waals surface area contributed by atoms with Gasteiger partial charge in [-0.2, -0.15) is 4.31 Å². The van der Waals surface area contributed by atoms with E-state index in [1.165, 1.54) is 19.2 Å². The molecule has 0 aliphatic carbocycles. The lowest BCUT2D eigenvalue weighted by molar-refractivity contribution is -0.147. The predicted molar refractivity (Wildman–Crippen MR) is 106 cm³/mol. The number of carbonyl (C=O) groups excluding carboxylic acids is 2. The van der Waals surface area contributed by atoms with Gasteiger partial charge in [-0.15, -0.1) is 0 Å². The van der Waals surface area contributed by atoms with E-state index in [2.05, 4.69) is 5.32 Å². The summed E-state index contributed by atoms with van der Waals surface area (Å²) in [4.78, 5) is 24.1. The Balaban J connectivity index is 1.91. The predicted octanol–water partition coefficient (Wildman–Crippen LogP) is 2.41. The van der Waals surface area contributed by atoms with E-state index < -0.39 is 35.1 Å². The number of nitrogens with one attached hydrogen (secondary N) is 1. The fraction of sp³-hybridized carbons (Fsp3) is 0.300. The van der Waals surface area contributed by atoms with Gasteiger partial charge in [-0.3, -0.25) is 9.59 Å². The quantitative estimate of drug-likeness (QED) is 0.716. The van der Waals surface area contributed by atoms with Crippen molar-refractivity contribution in [1.29, 1.82) is 0 Å². The molecular weight excluding hydrogens is 380 g/mol. The molecule has 2 rings (SSSR count). The van der Waals surface area contributed by atoms with Crippen LogP contribution in [0, 0.1) is 20.8 Å². The minimum Gasteiger partial charge on any atom is -0.455 e. The number of carbonyl (C=O) groups is 2. The van der Waals surface area contributed by atoms with Gasteiger partial charge in [-0.1, -0.05) is 35.9 Å². The lowest BCUT2D eigenvalue weighted by Gasteiger charge is -2.17. The Morgan fingerprint density at radius 2 is 1.57 bits per heavy atom. The van der Waals surface area contributed by atoms with Gasteiger partial charge < -0.3 is 10.1 Å². The van der Waals surface area contributed by atoms with Crippen LogP contribution in [0.4, 0.5) is 5.69 Å². The number of sulfonamides is 1. The number of rotatable bonds is 7. The van der Waals surface area contributed by atoms with E-state index in [0.29, 0.717) is 5.69 Å². The monoisotopic (exact) mass is 404 g/mol. The topological polar surface area (TPSA) is 92.8 Å². The molecule has 1 amide bonds. The maximum absolute atomic E-state index is 12.5. The molecule has 1 N–H and O–H groups in total. The highest BCUT2D eigenvalue weighted by Gasteiger charge is 2.23. The minimum atomic E-state index is -3.82. The molecule has 0 fully saturated rings. The van der Waals surface area contributed by atoms with Gasteiger partial charge in [0, 0.05) is 12.7 Å². The van der Waals surface area contributed by atoms with Crippen LogP contribution in [-0.2, 0) is 24.3 Å². The van der Waals surface area contributed by atoms with Gasteiger partial charge in [0.15, 0.2) is 6.61 Å². The Morgan fingerprint density at radius 3 is 2.14 bits per heavy atom. The summed E-state index contributed by atoms with van der Waals surface area (Å²) < 4.78 is 30.8. The van der Waals surface area contributed by atoms with Crippen LogP contribution in [0.15, 0.2) is 47.4 Å². The van der Waals surface area contributed by atoms with Crippen molar-refractivity contribution >= 4 is 27.6 Å². The molecule has 0 radical (unpaired) electrons. The molecule has 0 atom stereocenters. The van der Waals surface area contributed by atoms with Crippen LogP contribution in [0.5, 0.6) is 0 Å². The maximum Gasteiger partial charge on any atom is 0.321 e. The van der Waals surface area contributed by atoms with Crippen LogP contribution in [-0.4, -0.2) is 44.8 Å². The Kier molecular flexibility index (Phi) is 6.93. The Labute approximate surface area is 165 Å². The zero-order chi connectivity index (χ0) is 20.9. The van der Waals surface area contributed by atoms with Gasteiger partial charge in [0.1, 0.15) is 6.54 Å². The average molecular weight is 404 g/mol. The second-order valence-corrected chi connectivity index (χ2v) is 8.59. The fourth-order valence-corrected chi connectivity index (χ4v) is 3.65. The van der Waals surface area contributed by atoms with Gasteiger partial charge in [0.25, 0.3) is 5.91 Å². The van der Waals surface area contributed by atoms with E-state index in [4.69, 9.17) is 4.74 Å². The van der Waals surface area contributed by atoms with E-state index in [1.807, 2.05) is 39.0 Å².